The zero-order chi connectivity index (χ0) is 13.4. The molecule has 0 aromatic carbocycles. The van der Waals surface area contributed by atoms with Crippen LogP contribution in [0.25, 0.3) is 0 Å². The Morgan fingerprint density at radius 2 is 1.18 bits per heavy atom. The summed E-state index contributed by atoms with van der Waals surface area (Å²) in [6.45, 7) is 14.7. The predicted octanol–water partition coefficient (Wildman–Crippen LogP) is 4.99. The van der Waals surface area contributed by atoms with Crippen LogP contribution in [0.4, 0.5) is 0 Å². The fourth-order valence-corrected chi connectivity index (χ4v) is 1.86. The summed E-state index contributed by atoms with van der Waals surface area (Å²) in [5.41, 5.74) is 0.360. The molecule has 0 amide bonds. The second-order valence-corrected chi connectivity index (χ2v) is 5.51. The van der Waals surface area contributed by atoms with Crippen molar-refractivity contribution in [1.29, 1.82) is 0 Å². The van der Waals surface area contributed by atoms with Crippen molar-refractivity contribution in [3.05, 3.63) is 24.3 Å². The molecule has 0 N–H and O–H groups in total. The Morgan fingerprint density at radius 3 is 1.41 bits per heavy atom. The van der Waals surface area contributed by atoms with E-state index in [-0.39, 0.29) is 10.8 Å². The molecule has 100 valence electrons. The van der Waals surface area contributed by atoms with Gasteiger partial charge < -0.3 is 4.74 Å². The molecule has 0 heterocycles. The average molecular weight is 238 g/mol. The van der Waals surface area contributed by atoms with Gasteiger partial charge in [0.05, 0.1) is 13.2 Å². The Bertz CT molecular complexity index is 228. The van der Waals surface area contributed by atoms with E-state index < -0.39 is 0 Å². The first-order valence-corrected chi connectivity index (χ1v) is 6.80. The van der Waals surface area contributed by atoms with Crippen molar-refractivity contribution in [2.24, 2.45) is 10.8 Å². The third-order valence-electron chi connectivity index (χ3n) is 3.62. The minimum atomic E-state index is 0.180. The molecule has 0 saturated heterocycles. The molecule has 1 nitrogen and oxygen atoms in total. The molecule has 0 rings (SSSR count). The largest absolute Gasteiger partial charge is 0.380 e. The molecule has 17 heavy (non-hydrogen) atoms. The maximum Gasteiger partial charge on any atom is 0.0554 e. The Labute approximate surface area is 108 Å². The van der Waals surface area contributed by atoms with Gasteiger partial charge in [0.1, 0.15) is 0 Å². The van der Waals surface area contributed by atoms with Crippen LogP contribution in [-0.2, 0) is 4.74 Å². The van der Waals surface area contributed by atoms with Crippen molar-refractivity contribution in [3.63, 3.8) is 0 Å². The van der Waals surface area contributed by atoms with Crippen LogP contribution in [0.2, 0.25) is 0 Å². The highest BCUT2D eigenvalue weighted by Gasteiger charge is 2.22. The van der Waals surface area contributed by atoms with E-state index in [9.17, 15) is 0 Å². The van der Waals surface area contributed by atoms with E-state index >= 15 is 0 Å². The number of ether oxygens (including phenoxy) is 1. The molecule has 0 aliphatic rings. The lowest BCUT2D eigenvalue weighted by Crippen LogP contribution is -2.26. The summed E-state index contributed by atoms with van der Waals surface area (Å²) in [4.78, 5) is 0. The first-order chi connectivity index (χ1) is 7.95. The minimum absolute atomic E-state index is 0.180. The highest BCUT2D eigenvalue weighted by atomic mass is 16.5. The van der Waals surface area contributed by atoms with Crippen molar-refractivity contribution in [1.82, 2.24) is 0 Å². The van der Waals surface area contributed by atoms with Gasteiger partial charge in [-0.3, -0.25) is 0 Å². The smallest absolute Gasteiger partial charge is 0.0554 e. The molecule has 0 aromatic heterocycles. The molecule has 0 aromatic rings. The SMILES string of the molecule is CC=CC(C)(CC)COCC(C)(C=CC)CC. The Balaban J connectivity index is 4.29. The van der Waals surface area contributed by atoms with Crippen LogP contribution in [0.5, 0.6) is 0 Å². The summed E-state index contributed by atoms with van der Waals surface area (Å²) in [6.07, 6.45) is 11.0. The molecule has 0 bridgehead atoms. The van der Waals surface area contributed by atoms with Crippen molar-refractivity contribution < 1.29 is 4.74 Å². The van der Waals surface area contributed by atoms with E-state index in [0.717, 1.165) is 26.1 Å². The standard InChI is InChI=1S/C16H30O/c1-7-11-15(5,9-3)13-17-14-16(6,10-4)12-8-2/h7-8,11-12H,9-10,13-14H2,1-6H3. The number of hydrogen-bond acceptors (Lipinski definition) is 1. The first kappa shape index (κ1) is 16.4. The monoisotopic (exact) mass is 238 g/mol. The molecule has 0 spiro atoms. The molecular weight excluding hydrogens is 208 g/mol. The normalized spacial score (nSPS) is 19.6. The van der Waals surface area contributed by atoms with Gasteiger partial charge in [-0.15, -0.1) is 0 Å². The van der Waals surface area contributed by atoms with Gasteiger partial charge >= 0.3 is 0 Å². The van der Waals surface area contributed by atoms with Crippen LogP contribution < -0.4 is 0 Å². The zero-order valence-electron chi connectivity index (χ0n) is 12.5. The predicted molar refractivity (Wildman–Crippen MR) is 77.2 cm³/mol. The number of allylic oxidation sites excluding steroid dienone is 2. The molecule has 1 heteroatoms. The quantitative estimate of drug-likeness (QED) is 0.541. The third kappa shape index (κ3) is 6.07. The zero-order valence-corrected chi connectivity index (χ0v) is 12.5. The summed E-state index contributed by atoms with van der Waals surface area (Å²) in [6, 6.07) is 0. The highest BCUT2D eigenvalue weighted by molar-refractivity contribution is 4.97. The number of rotatable bonds is 8. The van der Waals surface area contributed by atoms with Crippen molar-refractivity contribution in [2.75, 3.05) is 13.2 Å². The van der Waals surface area contributed by atoms with Gasteiger partial charge in [-0.05, 0) is 26.7 Å². The van der Waals surface area contributed by atoms with Crippen LogP contribution >= 0.6 is 0 Å². The van der Waals surface area contributed by atoms with Crippen LogP contribution in [-0.4, -0.2) is 13.2 Å². The fourth-order valence-electron chi connectivity index (χ4n) is 1.86. The summed E-state index contributed by atoms with van der Waals surface area (Å²) >= 11 is 0. The lowest BCUT2D eigenvalue weighted by atomic mass is 9.86. The third-order valence-corrected chi connectivity index (χ3v) is 3.62. The maximum absolute atomic E-state index is 5.95. The van der Waals surface area contributed by atoms with Gasteiger partial charge in [0.15, 0.2) is 0 Å². The average Bonchev–Trinajstić information content (AvgIpc) is 2.30. The molecule has 0 fully saturated rings. The first-order valence-electron chi connectivity index (χ1n) is 6.80. The van der Waals surface area contributed by atoms with Crippen LogP contribution in [0.3, 0.4) is 0 Å². The molecule has 0 radical (unpaired) electrons. The van der Waals surface area contributed by atoms with Crippen LogP contribution in [0, 0.1) is 10.8 Å². The van der Waals surface area contributed by atoms with Crippen LogP contribution in [0.15, 0.2) is 24.3 Å². The topological polar surface area (TPSA) is 9.23 Å². The highest BCUT2D eigenvalue weighted by Crippen LogP contribution is 2.27. The Kier molecular flexibility index (Phi) is 7.45. The molecular formula is C16H30O. The second-order valence-electron chi connectivity index (χ2n) is 5.51. The van der Waals surface area contributed by atoms with Gasteiger partial charge in [0, 0.05) is 10.8 Å². The summed E-state index contributed by atoms with van der Waals surface area (Å²) in [5, 5.41) is 0. The Morgan fingerprint density at radius 1 is 0.824 bits per heavy atom. The van der Waals surface area contributed by atoms with E-state index in [0.29, 0.717) is 0 Å². The molecule has 0 aliphatic carbocycles. The van der Waals surface area contributed by atoms with Crippen molar-refractivity contribution >= 4 is 0 Å². The number of hydrogen-bond donors (Lipinski definition) is 0. The van der Waals surface area contributed by atoms with E-state index in [2.05, 4.69) is 65.8 Å². The lowest BCUT2D eigenvalue weighted by molar-refractivity contribution is 0.0318. The molecule has 0 aliphatic heterocycles. The van der Waals surface area contributed by atoms with Gasteiger partial charge in [-0.2, -0.15) is 0 Å². The van der Waals surface area contributed by atoms with Gasteiger partial charge in [-0.25, -0.2) is 0 Å². The van der Waals surface area contributed by atoms with E-state index in [1.807, 2.05) is 0 Å². The summed E-state index contributed by atoms with van der Waals surface area (Å²) in [5.74, 6) is 0. The molecule has 0 saturated carbocycles. The van der Waals surface area contributed by atoms with E-state index in [4.69, 9.17) is 4.74 Å². The van der Waals surface area contributed by atoms with E-state index in [1.54, 1.807) is 0 Å². The summed E-state index contributed by atoms with van der Waals surface area (Å²) < 4.78 is 5.95. The summed E-state index contributed by atoms with van der Waals surface area (Å²) in [7, 11) is 0. The minimum Gasteiger partial charge on any atom is -0.380 e. The van der Waals surface area contributed by atoms with Gasteiger partial charge in [0.25, 0.3) is 0 Å². The fraction of sp³-hybridized carbons (Fsp3) is 0.750. The lowest BCUT2D eigenvalue weighted by Gasteiger charge is -2.29. The Hall–Kier alpha value is -0.560. The molecule has 2 atom stereocenters. The van der Waals surface area contributed by atoms with Gasteiger partial charge in [0.2, 0.25) is 0 Å². The molecule has 2 unspecified atom stereocenters. The maximum atomic E-state index is 5.95. The van der Waals surface area contributed by atoms with Gasteiger partial charge in [-0.1, -0.05) is 52.0 Å². The van der Waals surface area contributed by atoms with Crippen molar-refractivity contribution in [2.45, 2.75) is 54.4 Å². The van der Waals surface area contributed by atoms with Crippen molar-refractivity contribution in [3.8, 4) is 0 Å². The van der Waals surface area contributed by atoms with E-state index in [1.165, 1.54) is 0 Å². The van der Waals surface area contributed by atoms with Crippen LogP contribution in [0.1, 0.15) is 54.4 Å². The second kappa shape index (κ2) is 7.71.